The van der Waals surface area contributed by atoms with E-state index in [-0.39, 0.29) is 129 Å². The fourth-order valence-corrected chi connectivity index (χ4v) is 13.7. The van der Waals surface area contributed by atoms with Gasteiger partial charge in [-0.1, -0.05) is 48.1 Å². The molecule has 260 valence electrons. The molecule has 18 heteroatoms. The topological polar surface area (TPSA) is 199 Å². The first kappa shape index (κ1) is 46.5. The summed E-state index contributed by atoms with van der Waals surface area (Å²) < 4.78 is 120. The molecule has 0 spiro atoms. The van der Waals surface area contributed by atoms with E-state index in [0.29, 0.717) is 37.7 Å². The maximum atomic E-state index is 12.1. The standard InChI is InChI=1S/C30H50O12S3.3Na/c1-18(17-40-43(31,32)33)19-10-13-28(5)24(42-45(37,38)39)16-30(7)20(25(19)28)8-9-22-27(4)14-12-23(41-44(34,35)36)26(2,3)21(27)11-15-29(22,30)6;;;/h19-25H,1,8-17H2,2-7H3,(H,31,32,33)(H,34,35,36)(H,37,38,39);;;/q;3*+1/p-3/t19-,20+,21-,22+,23-,24-,25+,27-,28+,29+,30+;;;/m0.../s1. The molecule has 5 aliphatic rings. The molecule has 0 saturated heterocycles. The molecule has 5 rings (SSSR count). The van der Waals surface area contributed by atoms with Crippen molar-refractivity contribution >= 4 is 31.2 Å². The van der Waals surface area contributed by atoms with Gasteiger partial charge in [0, 0.05) is 0 Å². The zero-order valence-electron chi connectivity index (χ0n) is 29.9. The van der Waals surface area contributed by atoms with Crippen LogP contribution in [0.2, 0.25) is 0 Å². The summed E-state index contributed by atoms with van der Waals surface area (Å²) in [4.78, 5) is 0. The maximum Gasteiger partial charge on any atom is 1.00 e. The molecule has 11 atom stereocenters. The molecule has 0 aromatic carbocycles. The van der Waals surface area contributed by atoms with Gasteiger partial charge in [-0.2, -0.15) is 0 Å². The Morgan fingerprint density at radius 2 is 1.21 bits per heavy atom. The average Bonchev–Trinajstić information content (AvgIpc) is 3.22. The summed E-state index contributed by atoms with van der Waals surface area (Å²) in [5.74, 6) is -0.171. The molecule has 0 N–H and O–H groups in total. The van der Waals surface area contributed by atoms with Crippen LogP contribution in [-0.4, -0.2) is 57.7 Å². The number of hydrogen-bond donors (Lipinski definition) is 0. The van der Waals surface area contributed by atoms with Gasteiger partial charge in [-0.15, -0.1) is 0 Å². The smallest absolute Gasteiger partial charge is 0.726 e. The van der Waals surface area contributed by atoms with E-state index in [1.54, 1.807) is 0 Å². The molecule has 0 radical (unpaired) electrons. The van der Waals surface area contributed by atoms with E-state index in [1.807, 2.05) is 20.8 Å². The molecule has 0 aromatic heterocycles. The Labute approximate surface area is 354 Å². The molecule has 5 aliphatic carbocycles. The summed E-state index contributed by atoms with van der Waals surface area (Å²) in [5.41, 5.74) is -1.90. The Hall–Kier alpha value is 2.35. The van der Waals surface area contributed by atoms with Gasteiger partial charge in [0.2, 0.25) is 31.2 Å². The Bertz CT molecular complexity index is 1560. The Balaban J connectivity index is 0.00000267. The van der Waals surface area contributed by atoms with Crippen molar-refractivity contribution < 1.29 is 140 Å². The summed E-state index contributed by atoms with van der Waals surface area (Å²) in [6, 6.07) is 0. The Kier molecular flexibility index (Phi) is 14.6. The minimum Gasteiger partial charge on any atom is -0.726 e. The molecule has 0 unspecified atom stereocenters. The molecule has 5 saturated carbocycles. The van der Waals surface area contributed by atoms with Crippen LogP contribution >= 0.6 is 0 Å². The van der Waals surface area contributed by atoms with Crippen LogP contribution in [0.4, 0.5) is 0 Å². The van der Waals surface area contributed by atoms with Crippen molar-refractivity contribution in [3.63, 3.8) is 0 Å². The van der Waals surface area contributed by atoms with E-state index in [9.17, 15) is 38.9 Å². The molecule has 5 fully saturated rings. The van der Waals surface area contributed by atoms with Gasteiger partial charge in [-0.25, -0.2) is 25.3 Å². The minimum atomic E-state index is -5.06. The summed E-state index contributed by atoms with van der Waals surface area (Å²) in [7, 11) is -14.9. The summed E-state index contributed by atoms with van der Waals surface area (Å²) >= 11 is 0. The van der Waals surface area contributed by atoms with Gasteiger partial charge < -0.3 is 13.7 Å². The summed E-state index contributed by atoms with van der Waals surface area (Å²) in [6.45, 7) is 16.3. The average molecular weight is 765 g/mol. The van der Waals surface area contributed by atoms with Gasteiger partial charge >= 0.3 is 88.7 Å². The molecule has 0 amide bonds. The van der Waals surface area contributed by atoms with E-state index in [2.05, 4.69) is 31.5 Å². The molecule has 0 aromatic rings. The molecule has 0 bridgehead atoms. The van der Waals surface area contributed by atoms with Crippen LogP contribution in [0.1, 0.15) is 99.3 Å². The van der Waals surface area contributed by atoms with Crippen molar-refractivity contribution in [2.75, 3.05) is 6.61 Å². The largest absolute Gasteiger partial charge is 1.00 e. The van der Waals surface area contributed by atoms with E-state index >= 15 is 0 Å². The Morgan fingerprint density at radius 1 is 0.667 bits per heavy atom. The van der Waals surface area contributed by atoms with Crippen LogP contribution in [0.5, 0.6) is 0 Å². The predicted octanol–water partition coefficient (Wildman–Crippen LogP) is -4.57. The van der Waals surface area contributed by atoms with Crippen LogP contribution < -0.4 is 88.7 Å². The fourth-order valence-electron chi connectivity index (χ4n) is 12.2. The SMILES string of the molecule is C=C(COS(=O)(=O)[O-])[C@@H]1CC[C@@]2(C)[C@H]1[C@H]1CC[C@@H]3[C@@]4(C)CC[C@H](OS(=O)(=O)[O-])C(C)(C)[C@@H]4CC[C@@]3(C)[C@]1(C)C[C@@H]2OS(=O)(=O)[O-].[Na+].[Na+].[Na+]. The monoisotopic (exact) mass is 764 g/mol. The third-order valence-electron chi connectivity index (χ3n) is 14.2. The van der Waals surface area contributed by atoms with Crippen molar-refractivity contribution in [3.05, 3.63) is 12.2 Å². The van der Waals surface area contributed by atoms with Crippen LogP contribution in [0.3, 0.4) is 0 Å². The fraction of sp³-hybridized carbons (Fsp3) is 0.933. The second-order valence-electron chi connectivity index (χ2n) is 16.2. The first-order chi connectivity index (χ1) is 20.3. The maximum absolute atomic E-state index is 12.1. The molecule has 48 heavy (non-hydrogen) atoms. The first-order valence-corrected chi connectivity index (χ1v) is 19.8. The molecule has 0 aliphatic heterocycles. The van der Waals surface area contributed by atoms with Crippen LogP contribution in [-0.2, 0) is 43.7 Å². The van der Waals surface area contributed by atoms with Crippen molar-refractivity contribution in [2.24, 2.45) is 56.7 Å². The summed E-state index contributed by atoms with van der Waals surface area (Å²) in [5, 5.41) is 0. The van der Waals surface area contributed by atoms with Crippen molar-refractivity contribution in [2.45, 2.75) is 112 Å². The van der Waals surface area contributed by atoms with Crippen LogP contribution in [0.15, 0.2) is 12.2 Å². The van der Waals surface area contributed by atoms with E-state index in [1.165, 1.54) is 0 Å². The molecule has 0 heterocycles. The van der Waals surface area contributed by atoms with Gasteiger partial charge in [-0.3, -0.25) is 12.5 Å². The zero-order chi connectivity index (χ0) is 33.8. The van der Waals surface area contributed by atoms with Crippen molar-refractivity contribution in [1.82, 2.24) is 0 Å². The first-order valence-electron chi connectivity index (χ1n) is 15.8. The molecular formula is C30H47Na3O12S3. The second-order valence-corrected chi connectivity index (χ2v) is 19.3. The zero-order valence-corrected chi connectivity index (χ0v) is 38.4. The second kappa shape index (κ2) is 15.1. The molecular weight excluding hydrogens is 717 g/mol. The molecule has 12 nitrogen and oxygen atoms in total. The number of rotatable bonds is 8. The van der Waals surface area contributed by atoms with Gasteiger partial charge in [0.05, 0.1) is 18.8 Å². The van der Waals surface area contributed by atoms with Gasteiger partial charge in [0.25, 0.3) is 0 Å². The normalized spacial score (nSPS) is 43.5. The van der Waals surface area contributed by atoms with Gasteiger partial charge in [-0.05, 0) is 120 Å². The predicted molar refractivity (Wildman–Crippen MR) is 159 cm³/mol. The van der Waals surface area contributed by atoms with E-state index < -0.39 is 66.3 Å². The summed E-state index contributed by atoms with van der Waals surface area (Å²) in [6.07, 6.45) is 4.08. The van der Waals surface area contributed by atoms with Gasteiger partial charge in [0.1, 0.15) is 0 Å². The van der Waals surface area contributed by atoms with E-state index in [4.69, 9.17) is 8.37 Å². The Morgan fingerprint density at radius 3 is 1.75 bits per heavy atom. The van der Waals surface area contributed by atoms with Crippen LogP contribution in [0, 0.1) is 56.7 Å². The van der Waals surface area contributed by atoms with Crippen LogP contribution in [0.25, 0.3) is 0 Å². The van der Waals surface area contributed by atoms with Crippen molar-refractivity contribution in [1.29, 1.82) is 0 Å². The third kappa shape index (κ3) is 8.15. The number of hydrogen-bond acceptors (Lipinski definition) is 12. The minimum absolute atomic E-state index is 0. The number of fused-ring (bicyclic) bond motifs is 7. The third-order valence-corrected chi connectivity index (χ3v) is 15.6. The van der Waals surface area contributed by atoms with Crippen molar-refractivity contribution in [3.8, 4) is 0 Å². The van der Waals surface area contributed by atoms with E-state index in [0.717, 1.165) is 25.7 Å². The van der Waals surface area contributed by atoms with Gasteiger partial charge in [0.15, 0.2) is 0 Å². The quantitative estimate of drug-likeness (QED) is 0.0995.